The van der Waals surface area contributed by atoms with Gasteiger partial charge in [0.05, 0.1) is 0 Å². The summed E-state index contributed by atoms with van der Waals surface area (Å²) in [5.41, 5.74) is 0. The van der Waals surface area contributed by atoms with Gasteiger partial charge in [0.2, 0.25) is 0 Å². The van der Waals surface area contributed by atoms with Crippen LogP contribution in [-0.4, -0.2) is 25.2 Å². The largest absolute Gasteiger partial charge is 0.391 e. The molecule has 0 bridgehead atoms. The van der Waals surface area contributed by atoms with Crippen LogP contribution in [0.4, 0.5) is 4.39 Å². The summed E-state index contributed by atoms with van der Waals surface area (Å²) in [6.07, 6.45) is 2.21. The quantitative estimate of drug-likeness (QED) is 0.404. The van der Waals surface area contributed by atoms with Gasteiger partial charge in [0.15, 0.2) is 0 Å². The molecule has 1 fully saturated rings. The van der Waals surface area contributed by atoms with Crippen molar-refractivity contribution in [3.05, 3.63) is 0 Å². The summed E-state index contributed by atoms with van der Waals surface area (Å²) in [5.74, 6) is 3.79. The molecular formula is C9H13FN2O. The van der Waals surface area contributed by atoms with E-state index < -0.39 is 5.97 Å². The first-order valence-electron chi connectivity index (χ1n) is 4.34. The summed E-state index contributed by atoms with van der Waals surface area (Å²) in [5, 5.41) is 6.42. The zero-order valence-corrected chi connectivity index (χ0v) is 7.64. The van der Waals surface area contributed by atoms with E-state index in [2.05, 4.69) is 22.3 Å². The molecule has 0 unspecified atom stereocenters. The van der Waals surface area contributed by atoms with E-state index in [0.717, 1.165) is 19.4 Å². The zero-order valence-electron chi connectivity index (χ0n) is 7.64. The lowest BCUT2D eigenvalue weighted by molar-refractivity contribution is 0.122. The predicted octanol–water partition coefficient (Wildman–Crippen LogP) is 1.06. The SMILES string of the molecule is CC#C/C(F)=N\OC[C@@H]1CCCN1. The van der Waals surface area contributed by atoms with Crippen LogP contribution in [0.1, 0.15) is 19.8 Å². The molecule has 0 aromatic carbocycles. The Morgan fingerprint density at radius 3 is 3.23 bits per heavy atom. The molecule has 0 aromatic rings. The van der Waals surface area contributed by atoms with E-state index in [9.17, 15) is 4.39 Å². The maximum Gasteiger partial charge on any atom is 0.300 e. The average Bonchev–Trinajstić information content (AvgIpc) is 2.57. The molecule has 3 nitrogen and oxygen atoms in total. The third-order valence-electron chi connectivity index (χ3n) is 1.81. The van der Waals surface area contributed by atoms with Crippen LogP contribution in [-0.2, 0) is 4.84 Å². The highest BCUT2D eigenvalue weighted by Crippen LogP contribution is 2.04. The van der Waals surface area contributed by atoms with Gasteiger partial charge in [-0.1, -0.05) is 5.92 Å². The van der Waals surface area contributed by atoms with Crippen LogP contribution in [0.15, 0.2) is 5.16 Å². The number of hydrogen-bond acceptors (Lipinski definition) is 3. The van der Waals surface area contributed by atoms with Gasteiger partial charge in [-0.2, -0.15) is 4.39 Å². The van der Waals surface area contributed by atoms with Crippen LogP contribution in [0, 0.1) is 11.8 Å². The van der Waals surface area contributed by atoms with E-state index in [0.29, 0.717) is 12.6 Å². The minimum absolute atomic E-state index is 0.311. The van der Waals surface area contributed by atoms with Crippen molar-refractivity contribution in [2.75, 3.05) is 13.2 Å². The van der Waals surface area contributed by atoms with Gasteiger partial charge < -0.3 is 10.2 Å². The molecule has 0 spiro atoms. The number of oxime groups is 1. The smallest absolute Gasteiger partial charge is 0.300 e. The average molecular weight is 184 g/mol. The van der Waals surface area contributed by atoms with Gasteiger partial charge in [0, 0.05) is 6.04 Å². The van der Waals surface area contributed by atoms with Crippen LogP contribution >= 0.6 is 0 Å². The van der Waals surface area contributed by atoms with Crippen molar-refractivity contribution in [1.82, 2.24) is 5.32 Å². The molecule has 72 valence electrons. The van der Waals surface area contributed by atoms with E-state index >= 15 is 0 Å². The molecule has 0 aliphatic carbocycles. The van der Waals surface area contributed by atoms with Gasteiger partial charge in [-0.05, 0) is 37.4 Å². The summed E-state index contributed by atoms with van der Waals surface area (Å²) in [4.78, 5) is 4.78. The topological polar surface area (TPSA) is 33.6 Å². The lowest BCUT2D eigenvalue weighted by atomic mass is 10.2. The van der Waals surface area contributed by atoms with Gasteiger partial charge in [0.1, 0.15) is 6.61 Å². The molecule has 1 rings (SSSR count). The summed E-state index contributed by atoms with van der Waals surface area (Å²) in [6, 6.07) is 0.311. The lowest BCUT2D eigenvalue weighted by Gasteiger charge is -2.06. The van der Waals surface area contributed by atoms with Crippen molar-refractivity contribution in [2.24, 2.45) is 5.16 Å². The predicted molar refractivity (Wildman–Crippen MR) is 49.0 cm³/mol. The van der Waals surface area contributed by atoms with Gasteiger partial charge in [-0.15, -0.1) is 0 Å². The molecule has 0 amide bonds. The van der Waals surface area contributed by atoms with Gasteiger partial charge in [-0.3, -0.25) is 0 Å². The van der Waals surface area contributed by atoms with Crippen molar-refractivity contribution in [1.29, 1.82) is 0 Å². The maximum atomic E-state index is 12.5. The number of nitrogens with zero attached hydrogens (tertiary/aromatic N) is 1. The van der Waals surface area contributed by atoms with Crippen LogP contribution < -0.4 is 5.32 Å². The Kier molecular flexibility index (Phi) is 4.27. The second-order valence-corrected chi connectivity index (χ2v) is 2.85. The fourth-order valence-electron chi connectivity index (χ4n) is 1.21. The summed E-state index contributed by atoms with van der Waals surface area (Å²) in [6.45, 7) is 2.97. The minimum atomic E-state index is -0.763. The summed E-state index contributed by atoms with van der Waals surface area (Å²) >= 11 is 0. The van der Waals surface area contributed by atoms with Crippen LogP contribution in [0.3, 0.4) is 0 Å². The minimum Gasteiger partial charge on any atom is -0.391 e. The molecule has 1 heterocycles. The Morgan fingerprint density at radius 1 is 1.77 bits per heavy atom. The summed E-state index contributed by atoms with van der Waals surface area (Å²) in [7, 11) is 0. The Labute approximate surface area is 77.3 Å². The van der Waals surface area contributed by atoms with E-state index in [1.165, 1.54) is 0 Å². The van der Waals surface area contributed by atoms with E-state index in [1.54, 1.807) is 6.92 Å². The number of nitrogens with one attached hydrogen (secondary N) is 1. The molecule has 1 saturated heterocycles. The number of halogens is 1. The fourth-order valence-corrected chi connectivity index (χ4v) is 1.21. The Morgan fingerprint density at radius 2 is 2.62 bits per heavy atom. The lowest BCUT2D eigenvalue weighted by Crippen LogP contribution is -2.25. The highest BCUT2D eigenvalue weighted by molar-refractivity contribution is 5.91. The molecule has 0 radical (unpaired) electrons. The molecule has 0 aromatic heterocycles. The summed E-state index contributed by atoms with van der Waals surface area (Å²) < 4.78 is 12.5. The zero-order chi connectivity index (χ0) is 9.52. The van der Waals surface area contributed by atoms with Gasteiger partial charge >= 0.3 is 0 Å². The third kappa shape index (κ3) is 3.90. The first-order valence-corrected chi connectivity index (χ1v) is 4.34. The van der Waals surface area contributed by atoms with Crippen LogP contribution in [0.5, 0.6) is 0 Å². The van der Waals surface area contributed by atoms with Crippen molar-refractivity contribution in [3.63, 3.8) is 0 Å². The molecule has 1 aliphatic heterocycles. The van der Waals surface area contributed by atoms with Crippen molar-refractivity contribution >= 4 is 5.97 Å². The highest BCUT2D eigenvalue weighted by Gasteiger charge is 2.13. The van der Waals surface area contributed by atoms with E-state index in [1.807, 2.05) is 0 Å². The van der Waals surface area contributed by atoms with Gasteiger partial charge in [-0.25, -0.2) is 0 Å². The van der Waals surface area contributed by atoms with Crippen LogP contribution in [0.2, 0.25) is 0 Å². The van der Waals surface area contributed by atoms with Crippen molar-refractivity contribution in [3.8, 4) is 11.8 Å². The monoisotopic (exact) mass is 184 g/mol. The Bertz CT molecular complexity index is 236. The van der Waals surface area contributed by atoms with E-state index in [4.69, 9.17) is 4.84 Å². The highest BCUT2D eigenvalue weighted by atomic mass is 19.1. The third-order valence-corrected chi connectivity index (χ3v) is 1.81. The fraction of sp³-hybridized carbons (Fsp3) is 0.667. The first-order chi connectivity index (χ1) is 6.33. The molecular weight excluding hydrogens is 171 g/mol. The standard InChI is InChI=1S/C9H13FN2O/c1-2-4-9(10)12-13-7-8-5-3-6-11-8/h8,11H,3,5-7H2,1H3/b12-9+/t8-/m0/s1. The molecule has 1 N–H and O–H groups in total. The van der Waals surface area contributed by atoms with Gasteiger partial charge in [0.25, 0.3) is 5.97 Å². The maximum absolute atomic E-state index is 12.5. The number of rotatable bonds is 3. The first kappa shape index (κ1) is 10.0. The molecule has 0 saturated carbocycles. The number of hydrogen-bond donors (Lipinski definition) is 1. The molecule has 1 atom stereocenters. The van der Waals surface area contributed by atoms with Crippen LogP contribution in [0.25, 0.3) is 0 Å². The molecule has 4 heteroatoms. The molecule has 13 heavy (non-hydrogen) atoms. The second-order valence-electron chi connectivity index (χ2n) is 2.85. The molecule has 1 aliphatic rings. The van der Waals surface area contributed by atoms with Crippen molar-refractivity contribution in [2.45, 2.75) is 25.8 Å². The van der Waals surface area contributed by atoms with Crippen molar-refractivity contribution < 1.29 is 9.23 Å². The van der Waals surface area contributed by atoms with E-state index in [-0.39, 0.29) is 0 Å². The Hall–Kier alpha value is -1.08. The normalized spacial score (nSPS) is 22.3. The second kappa shape index (κ2) is 5.55. The Balaban J connectivity index is 2.17.